The molecule has 2 aromatic rings. The SMILES string of the molecule is CC(C(=O)O)c1csc(Oc2ccc(Cl)cc2)n1. The highest BCUT2D eigenvalue weighted by Crippen LogP contribution is 2.28. The summed E-state index contributed by atoms with van der Waals surface area (Å²) in [5, 5.41) is 11.6. The molecule has 1 unspecified atom stereocenters. The minimum Gasteiger partial charge on any atom is -0.481 e. The number of carbonyl (C=O) groups is 1. The maximum atomic E-state index is 10.8. The lowest BCUT2D eigenvalue weighted by Gasteiger charge is -2.02. The summed E-state index contributed by atoms with van der Waals surface area (Å²) in [4.78, 5) is 14.9. The van der Waals surface area contributed by atoms with E-state index in [0.717, 1.165) is 0 Å². The molecule has 1 aromatic carbocycles. The average Bonchev–Trinajstić information content (AvgIpc) is 2.79. The molecule has 1 N–H and O–H groups in total. The van der Waals surface area contributed by atoms with Crippen LogP contribution in [0.5, 0.6) is 10.9 Å². The Morgan fingerprint density at radius 1 is 1.44 bits per heavy atom. The van der Waals surface area contributed by atoms with Crippen LogP contribution < -0.4 is 4.74 Å². The first-order valence-electron chi connectivity index (χ1n) is 5.18. The van der Waals surface area contributed by atoms with Crippen molar-refractivity contribution in [3.8, 4) is 10.9 Å². The van der Waals surface area contributed by atoms with Gasteiger partial charge in [-0.15, -0.1) is 0 Å². The first kappa shape index (κ1) is 12.9. The summed E-state index contributed by atoms with van der Waals surface area (Å²) in [6, 6.07) is 6.88. The highest BCUT2D eigenvalue weighted by molar-refractivity contribution is 7.11. The van der Waals surface area contributed by atoms with Crippen LogP contribution in [0, 0.1) is 0 Å². The van der Waals surface area contributed by atoms with Gasteiger partial charge in [-0.05, 0) is 31.2 Å². The van der Waals surface area contributed by atoms with Crippen LogP contribution in [-0.2, 0) is 4.79 Å². The summed E-state index contributed by atoms with van der Waals surface area (Å²) >= 11 is 7.03. The number of thiazole rings is 1. The number of rotatable bonds is 4. The van der Waals surface area contributed by atoms with Crippen molar-refractivity contribution in [2.24, 2.45) is 0 Å². The van der Waals surface area contributed by atoms with Gasteiger partial charge in [0, 0.05) is 10.4 Å². The lowest BCUT2D eigenvalue weighted by Crippen LogP contribution is -2.07. The largest absolute Gasteiger partial charge is 0.481 e. The number of aromatic nitrogens is 1. The maximum Gasteiger partial charge on any atom is 0.312 e. The van der Waals surface area contributed by atoms with E-state index in [-0.39, 0.29) is 0 Å². The average molecular weight is 284 g/mol. The Bertz CT molecular complexity index is 553. The van der Waals surface area contributed by atoms with Gasteiger partial charge in [-0.2, -0.15) is 0 Å². The molecule has 18 heavy (non-hydrogen) atoms. The van der Waals surface area contributed by atoms with Crippen molar-refractivity contribution < 1.29 is 14.6 Å². The van der Waals surface area contributed by atoms with Gasteiger partial charge in [-0.3, -0.25) is 4.79 Å². The van der Waals surface area contributed by atoms with Gasteiger partial charge in [-0.1, -0.05) is 22.9 Å². The molecule has 0 spiro atoms. The molecular weight excluding hydrogens is 274 g/mol. The van der Waals surface area contributed by atoms with E-state index in [2.05, 4.69) is 4.98 Å². The van der Waals surface area contributed by atoms with E-state index in [0.29, 0.717) is 21.7 Å². The second-order valence-electron chi connectivity index (χ2n) is 3.65. The minimum absolute atomic E-state index is 0.417. The summed E-state index contributed by atoms with van der Waals surface area (Å²) in [6.45, 7) is 1.59. The third-order valence-electron chi connectivity index (χ3n) is 2.33. The second kappa shape index (κ2) is 5.37. The van der Waals surface area contributed by atoms with Crippen LogP contribution in [0.25, 0.3) is 0 Å². The molecule has 0 fully saturated rings. The second-order valence-corrected chi connectivity index (χ2v) is 4.91. The first-order valence-corrected chi connectivity index (χ1v) is 6.43. The van der Waals surface area contributed by atoms with Crippen LogP contribution in [-0.4, -0.2) is 16.1 Å². The predicted octanol–water partition coefficient (Wildman–Crippen LogP) is 3.78. The van der Waals surface area contributed by atoms with Gasteiger partial charge in [0.25, 0.3) is 5.19 Å². The highest BCUT2D eigenvalue weighted by atomic mass is 35.5. The van der Waals surface area contributed by atoms with Gasteiger partial charge in [0.1, 0.15) is 5.75 Å². The summed E-state index contributed by atoms with van der Waals surface area (Å²) in [6.07, 6.45) is 0. The normalized spacial score (nSPS) is 12.1. The van der Waals surface area contributed by atoms with Crippen molar-refractivity contribution in [1.82, 2.24) is 4.98 Å². The number of hydrogen-bond acceptors (Lipinski definition) is 4. The van der Waals surface area contributed by atoms with Gasteiger partial charge in [0.05, 0.1) is 11.6 Å². The van der Waals surface area contributed by atoms with Crippen LogP contribution in [0.15, 0.2) is 29.6 Å². The highest BCUT2D eigenvalue weighted by Gasteiger charge is 2.17. The molecule has 0 radical (unpaired) electrons. The van der Waals surface area contributed by atoms with E-state index >= 15 is 0 Å². The first-order chi connectivity index (χ1) is 8.56. The number of carboxylic acid groups (broad SMARTS) is 1. The van der Waals surface area contributed by atoms with Gasteiger partial charge in [0.15, 0.2) is 0 Å². The van der Waals surface area contributed by atoms with Crippen LogP contribution in [0.2, 0.25) is 5.02 Å². The molecule has 0 saturated heterocycles. The number of nitrogens with zero attached hydrogens (tertiary/aromatic N) is 1. The summed E-state index contributed by atoms with van der Waals surface area (Å²) in [7, 11) is 0. The molecular formula is C12H10ClNO3S. The van der Waals surface area contributed by atoms with Gasteiger partial charge in [-0.25, -0.2) is 4.98 Å². The molecule has 94 valence electrons. The fraction of sp³-hybridized carbons (Fsp3) is 0.167. The fourth-order valence-corrected chi connectivity index (χ4v) is 2.15. The van der Waals surface area contributed by atoms with Crippen molar-refractivity contribution in [1.29, 1.82) is 0 Å². The molecule has 1 heterocycles. The Morgan fingerprint density at radius 3 is 2.72 bits per heavy atom. The van der Waals surface area contributed by atoms with E-state index in [9.17, 15) is 4.79 Å². The Morgan fingerprint density at radius 2 is 2.11 bits per heavy atom. The summed E-state index contributed by atoms with van der Waals surface area (Å²) in [5.41, 5.74) is 0.497. The van der Waals surface area contributed by atoms with Crippen LogP contribution in [0.4, 0.5) is 0 Å². The Labute approximate surface area is 113 Å². The Hall–Kier alpha value is -1.59. The molecule has 0 bridgehead atoms. The fourth-order valence-electron chi connectivity index (χ4n) is 1.24. The Kier molecular flexibility index (Phi) is 3.84. The zero-order valence-corrected chi connectivity index (χ0v) is 11.0. The van der Waals surface area contributed by atoms with Crippen molar-refractivity contribution in [3.63, 3.8) is 0 Å². The molecule has 0 saturated carbocycles. The van der Waals surface area contributed by atoms with Crippen LogP contribution >= 0.6 is 22.9 Å². The molecule has 0 aliphatic heterocycles. The van der Waals surface area contributed by atoms with E-state index in [1.54, 1.807) is 36.6 Å². The molecule has 6 heteroatoms. The van der Waals surface area contributed by atoms with Crippen molar-refractivity contribution in [2.45, 2.75) is 12.8 Å². The van der Waals surface area contributed by atoms with Crippen LogP contribution in [0.1, 0.15) is 18.5 Å². The quantitative estimate of drug-likeness (QED) is 0.928. The molecule has 1 atom stereocenters. The van der Waals surface area contributed by atoms with Gasteiger partial charge < -0.3 is 9.84 Å². The van der Waals surface area contributed by atoms with Gasteiger partial charge in [0.2, 0.25) is 0 Å². The third kappa shape index (κ3) is 3.00. The zero-order chi connectivity index (χ0) is 13.1. The smallest absolute Gasteiger partial charge is 0.312 e. The van der Waals surface area contributed by atoms with E-state index in [1.165, 1.54) is 11.3 Å². The molecule has 4 nitrogen and oxygen atoms in total. The van der Waals surface area contributed by atoms with E-state index in [4.69, 9.17) is 21.4 Å². The minimum atomic E-state index is -0.904. The number of benzene rings is 1. The van der Waals surface area contributed by atoms with E-state index < -0.39 is 11.9 Å². The van der Waals surface area contributed by atoms with Crippen molar-refractivity contribution in [2.75, 3.05) is 0 Å². The number of halogens is 1. The molecule has 0 amide bonds. The molecule has 0 aliphatic rings. The molecule has 2 rings (SSSR count). The maximum absolute atomic E-state index is 10.8. The summed E-state index contributed by atoms with van der Waals surface area (Å²) in [5.74, 6) is -0.926. The summed E-state index contributed by atoms with van der Waals surface area (Å²) < 4.78 is 5.50. The lowest BCUT2D eigenvalue weighted by molar-refractivity contribution is -0.138. The van der Waals surface area contributed by atoms with E-state index in [1.807, 2.05) is 0 Å². The predicted molar refractivity (Wildman–Crippen MR) is 69.7 cm³/mol. The van der Waals surface area contributed by atoms with Crippen molar-refractivity contribution in [3.05, 3.63) is 40.4 Å². The number of aliphatic carboxylic acids is 1. The van der Waals surface area contributed by atoms with Gasteiger partial charge >= 0.3 is 5.97 Å². The monoisotopic (exact) mass is 283 g/mol. The number of hydrogen-bond donors (Lipinski definition) is 1. The number of carboxylic acids is 1. The van der Waals surface area contributed by atoms with Crippen LogP contribution in [0.3, 0.4) is 0 Å². The lowest BCUT2D eigenvalue weighted by atomic mass is 10.1. The zero-order valence-electron chi connectivity index (χ0n) is 9.46. The Balaban J connectivity index is 2.11. The number of ether oxygens (including phenoxy) is 1. The topological polar surface area (TPSA) is 59.4 Å². The molecule has 0 aliphatic carbocycles. The standard InChI is InChI=1S/C12H10ClNO3S/c1-7(11(15)16)10-6-18-12(14-10)17-9-4-2-8(13)3-5-9/h2-7H,1H3,(H,15,16). The third-order valence-corrected chi connectivity index (χ3v) is 3.32. The molecule has 1 aromatic heterocycles. The van der Waals surface area contributed by atoms with Crippen molar-refractivity contribution >= 4 is 28.9 Å².